The molecular weight excluding hydrogens is 609 g/mol. The Morgan fingerprint density at radius 2 is 1.26 bits per heavy atom. The van der Waals surface area contributed by atoms with Crippen LogP contribution in [0.1, 0.15) is 109 Å². The third kappa shape index (κ3) is 8.35. The van der Waals surface area contributed by atoms with Gasteiger partial charge in [-0.25, -0.2) is 8.42 Å². The summed E-state index contributed by atoms with van der Waals surface area (Å²) in [5.74, 6) is -0.280. The van der Waals surface area contributed by atoms with E-state index in [4.69, 9.17) is 0 Å². The van der Waals surface area contributed by atoms with Crippen LogP contribution in [-0.2, 0) is 45.1 Å². The van der Waals surface area contributed by atoms with E-state index < -0.39 is 21.3 Å². The van der Waals surface area contributed by atoms with E-state index in [9.17, 15) is 17.8 Å². The SMILES string of the molecule is CC1(C)C2CCC1(CS(=O)(=O)[O-])C(=O)C2.CCCCc1cc(CCCC)c([S+](c2ccccc2)c2ccccc2)c(CCCC)c1. The Balaban J connectivity index is 0.000000266. The van der Waals surface area contributed by atoms with Crippen molar-refractivity contribution in [3.63, 3.8) is 0 Å². The van der Waals surface area contributed by atoms with Crippen molar-refractivity contribution in [2.24, 2.45) is 16.7 Å². The molecule has 0 saturated heterocycles. The van der Waals surface area contributed by atoms with Crippen LogP contribution < -0.4 is 0 Å². The van der Waals surface area contributed by atoms with Crippen molar-refractivity contribution in [1.82, 2.24) is 0 Å². The Morgan fingerprint density at radius 3 is 1.65 bits per heavy atom. The molecule has 2 bridgehead atoms. The van der Waals surface area contributed by atoms with Crippen LogP contribution in [0.25, 0.3) is 0 Å². The molecule has 3 aromatic carbocycles. The highest BCUT2D eigenvalue weighted by atomic mass is 32.2. The van der Waals surface area contributed by atoms with Crippen LogP contribution in [0, 0.1) is 16.7 Å². The molecule has 5 rings (SSSR count). The average Bonchev–Trinajstić information content (AvgIpc) is 3.37. The fourth-order valence-electron chi connectivity index (χ4n) is 7.61. The zero-order chi connectivity index (χ0) is 33.4. The van der Waals surface area contributed by atoms with Crippen LogP contribution in [0.15, 0.2) is 87.5 Å². The predicted octanol–water partition coefficient (Wildman–Crippen LogP) is 9.74. The van der Waals surface area contributed by atoms with Crippen LogP contribution >= 0.6 is 0 Å². The van der Waals surface area contributed by atoms with E-state index in [1.165, 1.54) is 67.6 Å². The largest absolute Gasteiger partial charge is 0.748 e. The Kier molecular flexibility index (Phi) is 12.8. The van der Waals surface area contributed by atoms with E-state index in [0.717, 1.165) is 6.42 Å². The van der Waals surface area contributed by atoms with E-state index in [1.54, 1.807) is 21.6 Å². The van der Waals surface area contributed by atoms with E-state index in [2.05, 4.69) is 93.6 Å². The van der Waals surface area contributed by atoms with Gasteiger partial charge in [-0.1, -0.05) is 102 Å². The van der Waals surface area contributed by atoms with Gasteiger partial charge in [-0.15, -0.1) is 0 Å². The average molecular weight is 663 g/mol. The Labute approximate surface area is 281 Å². The summed E-state index contributed by atoms with van der Waals surface area (Å²) in [6.45, 7) is 10.8. The van der Waals surface area contributed by atoms with E-state index in [0.29, 0.717) is 12.8 Å². The lowest BCUT2D eigenvalue weighted by Gasteiger charge is -2.37. The Bertz CT molecular complexity index is 1460. The van der Waals surface area contributed by atoms with Gasteiger partial charge >= 0.3 is 0 Å². The molecule has 46 heavy (non-hydrogen) atoms. The first-order chi connectivity index (χ1) is 22.0. The first-order valence-corrected chi connectivity index (χ1v) is 20.2. The molecule has 2 saturated carbocycles. The molecule has 2 aliphatic rings. The number of unbranched alkanes of at least 4 members (excludes halogenated alkanes) is 3. The maximum Gasteiger partial charge on any atom is 0.172 e. The van der Waals surface area contributed by atoms with Crippen molar-refractivity contribution >= 4 is 26.8 Å². The summed E-state index contributed by atoms with van der Waals surface area (Å²) in [7, 11) is -4.38. The van der Waals surface area contributed by atoms with Gasteiger partial charge in [-0.05, 0) is 92.5 Å². The summed E-state index contributed by atoms with van der Waals surface area (Å²) in [5.41, 5.74) is 3.52. The molecule has 0 aliphatic heterocycles. The maximum absolute atomic E-state index is 11.8. The standard InChI is InChI=1S/C30H39S.C10H16O4S/c1-4-7-16-25-23-26(17-8-5-2)30(27(24-25)18-9-6-3)31(28-19-12-10-13-20-28)29-21-14-11-15-22-29;1-9(2)7-3-4-10(9,8(11)5-7)6-15(12,13)14/h10-15,19-24H,4-9,16-18H2,1-3H3;7H,3-6H2,1-2H3,(H,12,13,14)/q+1;/p-1. The van der Waals surface area contributed by atoms with Crippen molar-refractivity contribution in [3.8, 4) is 0 Å². The highest BCUT2D eigenvalue weighted by molar-refractivity contribution is 7.97. The number of hydrogen-bond donors (Lipinski definition) is 0. The molecule has 2 atom stereocenters. The summed E-state index contributed by atoms with van der Waals surface area (Å²) in [4.78, 5) is 16.3. The Hall–Kier alpha value is -2.41. The van der Waals surface area contributed by atoms with Crippen LogP contribution in [0.3, 0.4) is 0 Å². The van der Waals surface area contributed by atoms with Gasteiger partial charge in [0.1, 0.15) is 5.78 Å². The summed E-state index contributed by atoms with van der Waals surface area (Å²) in [6, 6.07) is 27.5. The lowest BCUT2D eigenvalue weighted by atomic mass is 9.70. The molecule has 0 radical (unpaired) electrons. The van der Waals surface area contributed by atoms with Crippen molar-refractivity contribution in [3.05, 3.63) is 89.5 Å². The number of benzene rings is 3. The van der Waals surface area contributed by atoms with Crippen LogP contribution in [-0.4, -0.2) is 24.5 Å². The highest BCUT2D eigenvalue weighted by Crippen LogP contribution is 2.64. The second kappa shape index (κ2) is 16.1. The quantitative estimate of drug-likeness (QED) is 0.127. The minimum Gasteiger partial charge on any atom is -0.748 e. The van der Waals surface area contributed by atoms with Gasteiger partial charge in [0, 0.05) is 23.0 Å². The van der Waals surface area contributed by atoms with E-state index in [-0.39, 0.29) is 28.0 Å². The first-order valence-electron chi connectivity index (χ1n) is 17.4. The number of rotatable bonds is 14. The smallest absolute Gasteiger partial charge is 0.172 e. The summed E-state index contributed by atoms with van der Waals surface area (Å²) in [5, 5.41) is 0. The van der Waals surface area contributed by atoms with Gasteiger partial charge in [0.05, 0.1) is 26.8 Å². The molecule has 250 valence electrons. The predicted molar refractivity (Wildman–Crippen MR) is 190 cm³/mol. The zero-order valence-corrected chi connectivity index (χ0v) is 30.3. The lowest BCUT2D eigenvalue weighted by molar-refractivity contribution is -0.128. The van der Waals surface area contributed by atoms with Crippen molar-refractivity contribution in [2.75, 3.05) is 5.75 Å². The van der Waals surface area contributed by atoms with Crippen molar-refractivity contribution < 1.29 is 17.8 Å². The van der Waals surface area contributed by atoms with Gasteiger partial charge in [0.25, 0.3) is 0 Å². The lowest BCUT2D eigenvalue weighted by Crippen LogP contribution is -2.42. The molecule has 2 fully saturated rings. The summed E-state index contributed by atoms with van der Waals surface area (Å²) < 4.78 is 32.7. The Morgan fingerprint density at radius 1 is 0.783 bits per heavy atom. The molecule has 0 spiro atoms. The molecule has 0 amide bonds. The third-order valence-corrected chi connectivity index (χ3v) is 13.7. The second-order valence-electron chi connectivity index (χ2n) is 13.9. The molecular formula is C40H54O4S2. The molecule has 0 heterocycles. The molecule has 0 aromatic heterocycles. The third-order valence-electron chi connectivity index (χ3n) is 10.4. The van der Waals surface area contributed by atoms with Crippen molar-refractivity contribution in [1.29, 1.82) is 0 Å². The number of hydrogen-bond acceptors (Lipinski definition) is 4. The maximum atomic E-state index is 11.8. The van der Waals surface area contributed by atoms with Crippen LogP contribution in [0.5, 0.6) is 0 Å². The number of Topliss-reactive ketones (excluding diaryl/α,β-unsaturated/α-hetero) is 1. The monoisotopic (exact) mass is 662 g/mol. The number of carbonyl (C=O) groups excluding carboxylic acids is 1. The van der Waals surface area contributed by atoms with E-state index >= 15 is 0 Å². The molecule has 3 aromatic rings. The second-order valence-corrected chi connectivity index (χ2v) is 17.2. The number of carbonyl (C=O) groups is 1. The highest BCUT2D eigenvalue weighted by Gasteiger charge is 2.64. The number of fused-ring (bicyclic) bond motifs is 2. The number of aryl methyl sites for hydroxylation is 3. The normalized spacial score (nSPS) is 20.2. The molecule has 6 heteroatoms. The number of ketones is 1. The first kappa shape index (κ1) is 36.4. The molecule has 2 unspecified atom stereocenters. The van der Waals surface area contributed by atoms with Crippen LogP contribution in [0.2, 0.25) is 0 Å². The fourth-order valence-corrected chi connectivity index (χ4v) is 11.3. The minimum atomic E-state index is -4.33. The zero-order valence-electron chi connectivity index (χ0n) is 28.6. The minimum absolute atomic E-state index is 0.0248. The summed E-state index contributed by atoms with van der Waals surface area (Å²) in [6.07, 6.45) is 13.0. The van der Waals surface area contributed by atoms with Gasteiger partial charge in [-0.3, -0.25) is 4.79 Å². The van der Waals surface area contributed by atoms with Gasteiger partial charge in [0.2, 0.25) is 0 Å². The van der Waals surface area contributed by atoms with Gasteiger partial charge in [0.15, 0.2) is 14.7 Å². The van der Waals surface area contributed by atoms with Crippen LogP contribution in [0.4, 0.5) is 0 Å². The van der Waals surface area contributed by atoms with Crippen molar-refractivity contribution in [2.45, 2.75) is 126 Å². The fraction of sp³-hybridized carbons (Fsp3) is 0.525. The molecule has 4 nitrogen and oxygen atoms in total. The van der Waals surface area contributed by atoms with E-state index in [1.807, 2.05) is 13.8 Å². The van der Waals surface area contributed by atoms with Gasteiger partial charge in [-0.2, -0.15) is 0 Å². The molecule has 2 aliphatic carbocycles. The van der Waals surface area contributed by atoms with Gasteiger partial charge < -0.3 is 4.55 Å². The summed E-state index contributed by atoms with van der Waals surface area (Å²) >= 11 is 0. The molecule has 0 N–H and O–H groups in total. The topological polar surface area (TPSA) is 74.3 Å².